The summed E-state index contributed by atoms with van der Waals surface area (Å²) in [6, 6.07) is 0. The molecule has 4 atom stereocenters. The lowest BCUT2D eigenvalue weighted by Crippen LogP contribution is -2.40. The van der Waals surface area contributed by atoms with Gasteiger partial charge in [-0.3, -0.25) is 19.1 Å². The second kappa shape index (κ2) is 8.56. The molecule has 2 heterocycles. The third-order valence-electron chi connectivity index (χ3n) is 4.48. The van der Waals surface area contributed by atoms with E-state index in [0.717, 1.165) is 10.7 Å². The molecule has 1 aromatic rings. The van der Waals surface area contributed by atoms with Gasteiger partial charge in [0, 0.05) is 18.9 Å². The number of methoxy groups -OCH3 is 2. The van der Waals surface area contributed by atoms with Gasteiger partial charge in [0.25, 0.3) is 5.56 Å². The van der Waals surface area contributed by atoms with E-state index < -0.39 is 48.6 Å². The number of carbonyl (C=O) groups excluding carboxylic acids is 1. The molecule has 0 bridgehead atoms. The number of hydrogen-bond acceptors (Lipinski definition) is 7. The predicted octanol–water partition coefficient (Wildman–Crippen LogP) is -0.375. The van der Waals surface area contributed by atoms with Crippen LogP contribution >= 0.6 is 6.89 Å². The first-order valence-corrected chi connectivity index (χ1v) is 11.6. The van der Waals surface area contributed by atoms with Crippen molar-refractivity contribution in [2.45, 2.75) is 37.4 Å². The molecule has 27 heavy (non-hydrogen) atoms. The minimum absolute atomic E-state index is 0.0580. The van der Waals surface area contributed by atoms with Crippen molar-refractivity contribution < 1.29 is 24.1 Å². The summed E-state index contributed by atoms with van der Waals surface area (Å²) in [5, 5.41) is 10.6. The van der Waals surface area contributed by atoms with Crippen molar-refractivity contribution in [3.63, 3.8) is 0 Å². The van der Waals surface area contributed by atoms with Gasteiger partial charge in [-0.15, -0.1) is 13.2 Å². The number of rotatable bonds is 7. The summed E-state index contributed by atoms with van der Waals surface area (Å²) < 4.78 is 17.0. The third kappa shape index (κ3) is 5.19. The average Bonchev–Trinajstić information content (AvgIpc) is 2.90. The number of aromatic amines is 1. The summed E-state index contributed by atoms with van der Waals surface area (Å²) in [6.45, 7) is 2.87. The fourth-order valence-corrected chi connectivity index (χ4v) is 3.94. The predicted molar refractivity (Wildman–Crippen MR) is 103 cm³/mol. The Labute approximate surface area is 157 Å². The van der Waals surface area contributed by atoms with Crippen molar-refractivity contribution >= 4 is 19.2 Å². The number of aliphatic hydroxyl groups is 1. The van der Waals surface area contributed by atoms with Gasteiger partial charge in [-0.25, -0.2) is 4.79 Å². The van der Waals surface area contributed by atoms with Gasteiger partial charge in [-0.05, 0) is 25.9 Å². The highest BCUT2D eigenvalue weighted by atomic mass is 31.2. The van der Waals surface area contributed by atoms with Gasteiger partial charge in [-0.1, -0.05) is 0 Å². The monoisotopic (exact) mass is 402 g/mol. The smallest absolute Gasteiger partial charge is 0.330 e. The number of ether oxygens (including phenoxy) is 3. The normalized spacial score (nSPS) is 25.5. The first-order chi connectivity index (χ1) is 12.6. The molecular weight excluding hydrogens is 375 g/mol. The molecule has 0 aliphatic carbocycles. The van der Waals surface area contributed by atoms with E-state index in [1.165, 1.54) is 20.4 Å². The summed E-state index contributed by atoms with van der Waals surface area (Å²) in [6.07, 6.45) is 3.32. The van der Waals surface area contributed by atoms with E-state index in [1.54, 1.807) is 0 Å². The van der Waals surface area contributed by atoms with E-state index in [0.29, 0.717) is 6.42 Å². The van der Waals surface area contributed by atoms with E-state index in [4.69, 9.17) is 9.47 Å². The summed E-state index contributed by atoms with van der Waals surface area (Å²) in [5.74, 6) is -0.610. The maximum absolute atomic E-state index is 12.3. The highest BCUT2D eigenvalue weighted by Gasteiger charge is 2.45. The quantitative estimate of drug-likeness (QED) is 0.471. The topological polar surface area (TPSA) is 120 Å². The van der Waals surface area contributed by atoms with Crippen molar-refractivity contribution in [2.24, 2.45) is 0 Å². The van der Waals surface area contributed by atoms with Crippen LogP contribution in [0.2, 0.25) is 0 Å². The van der Waals surface area contributed by atoms with Crippen molar-refractivity contribution in [1.82, 2.24) is 9.55 Å². The molecule has 1 fully saturated rings. The van der Waals surface area contributed by atoms with Crippen molar-refractivity contribution in [3.05, 3.63) is 32.6 Å². The van der Waals surface area contributed by atoms with Crippen LogP contribution in [0.1, 0.15) is 18.2 Å². The van der Waals surface area contributed by atoms with Gasteiger partial charge in [-0.2, -0.15) is 0 Å². The molecular formula is C17H27N2O7P. The highest BCUT2D eigenvalue weighted by Crippen LogP contribution is 2.39. The standard InChI is InChI=1S/C17H27N2O7P/c1-24-12(20)8-10-9-19(17(23)18-15(10)22)16-14(25-2)13(21)11(26-16)6-7-27(3,4)5/h9,11,13-14,16,21H,3,6-8H2,1-2,4-5H3,(H,18,22,23)/t11-,13-,14-,16-/m1/s1. The number of esters is 1. The van der Waals surface area contributed by atoms with E-state index in [9.17, 15) is 19.5 Å². The molecule has 0 saturated carbocycles. The SMILES string of the molecule is C=P(C)(C)CC[C@H]1O[C@@H](n2cc(CC(=O)OC)c(=O)[nH]c2=O)[C@H](OC)[C@@H]1O. The molecule has 0 spiro atoms. The lowest BCUT2D eigenvalue weighted by atomic mass is 10.1. The van der Waals surface area contributed by atoms with Crippen molar-refractivity contribution in [3.8, 4) is 0 Å². The van der Waals surface area contributed by atoms with Crippen LogP contribution in [0.3, 0.4) is 0 Å². The second-order valence-electron chi connectivity index (χ2n) is 7.28. The van der Waals surface area contributed by atoms with Crippen LogP contribution in [0.15, 0.2) is 15.8 Å². The molecule has 0 aromatic carbocycles. The van der Waals surface area contributed by atoms with Gasteiger partial charge in [0.05, 0.1) is 19.6 Å². The van der Waals surface area contributed by atoms with Crippen LogP contribution in [0, 0.1) is 0 Å². The molecule has 2 rings (SSSR count). The Morgan fingerprint density at radius 3 is 2.63 bits per heavy atom. The van der Waals surface area contributed by atoms with Gasteiger partial charge in [0.1, 0.15) is 12.2 Å². The van der Waals surface area contributed by atoms with E-state index in [1.807, 2.05) is 0 Å². The third-order valence-corrected chi connectivity index (χ3v) is 5.95. The van der Waals surface area contributed by atoms with Crippen molar-refractivity contribution in [2.75, 3.05) is 33.7 Å². The Morgan fingerprint density at radius 1 is 1.41 bits per heavy atom. The highest BCUT2D eigenvalue weighted by molar-refractivity contribution is 7.72. The molecule has 0 radical (unpaired) electrons. The Hall–Kier alpha value is -1.67. The number of hydrogen-bond donors (Lipinski definition) is 2. The summed E-state index contributed by atoms with van der Waals surface area (Å²) >= 11 is 0. The number of nitrogens with zero attached hydrogens (tertiary/aromatic N) is 1. The van der Waals surface area contributed by atoms with E-state index in [-0.39, 0.29) is 12.0 Å². The molecule has 1 aliphatic rings. The molecule has 1 aliphatic heterocycles. The van der Waals surface area contributed by atoms with E-state index in [2.05, 4.69) is 29.3 Å². The van der Waals surface area contributed by atoms with Crippen LogP contribution in [0.5, 0.6) is 0 Å². The van der Waals surface area contributed by atoms with Crippen LogP contribution in [-0.2, 0) is 25.4 Å². The lowest BCUT2D eigenvalue weighted by Gasteiger charge is -2.20. The maximum Gasteiger partial charge on any atom is 0.330 e. The number of nitrogens with one attached hydrogen (secondary N) is 1. The summed E-state index contributed by atoms with van der Waals surface area (Å²) in [5.41, 5.74) is -1.32. The second-order valence-corrected chi connectivity index (χ2v) is 11.6. The molecule has 152 valence electrons. The van der Waals surface area contributed by atoms with E-state index >= 15 is 0 Å². The number of H-pyrrole nitrogens is 1. The van der Waals surface area contributed by atoms with Crippen LogP contribution in [0.4, 0.5) is 0 Å². The van der Waals surface area contributed by atoms with Gasteiger partial charge in [0.2, 0.25) is 0 Å². The summed E-state index contributed by atoms with van der Waals surface area (Å²) in [4.78, 5) is 37.9. The molecule has 1 saturated heterocycles. The minimum Gasteiger partial charge on any atom is -0.469 e. The van der Waals surface area contributed by atoms with Gasteiger partial charge >= 0.3 is 11.7 Å². The number of aromatic nitrogens is 2. The largest absolute Gasteiger partial charge is 0.469 e. The molecule has 9 nitrogen and oxygen atoms in total. The zero-order valence-electron chi connectivity index (χ0n) is 16.0. The molecule has 1 aromatic heterocycles. The fraction of sp³-hybridized carbons (Fsp3) is 0.647. The lowest BCUT2D eigenvalue weighted by molar-refractivity contribution is -0.139. The van der Waals surface area contributed by atoms with Crippen LogP contribution in [0.25, 0.3) is 0 Å². The Bertz CT molecular complexity index is 840. The molecule has 10 heteroatoms. The van der Waals surface area contributed by atoms with Crippen LogP contribution < -0.4 is 11.2 Å². The fourth-order valence-electron chi connectivity index (χ4n) is 2.98. The van der Waals surface area contributed by atoms with Crippen molar-refractivity contribution in [1.29, 1.82) is 0 Å². The molecule has 2 N–H and O–H groups in total. The number of carbonyl (C=O) groups is 1. The number of aliphatic hydroxyl groups excluding tert-OH is 1. The zero-order valence-corrected chi connectivity index (χ0v) is 16.9. The Morgan fingerprint density at radius 2 is 2.07 bits per heavy atom. The first kappa shape index (κ1) is 21.6. The zero-order chi connectivity index (χ0) is 20.4. The Kier molecular flexibility index (Phi) is 6.86. The summed E-state index contributed by atoms with van der Waals surface area (Å²) in [7, 11) is 2.62. The van der Waals surface area contributed by atoms with Gasteiger partial charge < -0.3 is 19.3 Å². The molecule has 0 amide bonds. The Balaban J connectivity index is 2.33. The molecule has 0 unspecified atom stereocenters. The average molecular weight is 402 g/mol. The first-order valence-electron chi connectivity index (χ1n) is 8.52. The van der Waals surface area contributed by atoms with Gasteiger partial charge in [0.15, 0.2) is 6.23 Å². The minimum atomic E-state index is -1.31. The maximum atomic E-state index is 12.3. The van der Waals surface area contributed by atoms with Crippen LogP contribution in [-0.4, -0.2) is 78.9 Å².